The number of aryl methyl sites for hydroxylation is 2. The number of aliphatic carboxylic acids is 1. The molecule has 3 atom stereocenters. The van der Waals surface area contributed by atoms with Crippen LogP contribution < -0.4 is 5.32 Å². The van der Waals surface area contributed by atoms with E-state index >= 15 is 0 Å². The first-order valence-electron chi connectivity index (χ1n) is 14.0. The van der Waals surface area contributed by atoms with Crippen molar-refractivity contribution in [3.05, 3.63) is 58.3 Å². The van der Waals surface area contributed by atoms with Crippen LogP contribution >= 0.6 is 0 Å². The van der Waals surface area contributed by atoms with Crippen LogP contribution in [0.4, 0.5) is 10.2 Å². The standard InChI is InChI=1S/C30H40FN3O4/c1-30(2,31)26-17-25-21(19-38-26)7-5-10-24(25)27(29(35)36)34-15-13-23(18-34)37-16-4-3-9-22-12-11-20-8-6-14-32-28(20)33-22/h5,7,10-12,23,26-27H,3-4,6,8-9,13-19H2,1-2H3,(H,32,33)(H,35,36)/t23-,26+,27+/m1/s1. The molecular formula is C30H40FN3O4. The lowest BCUT2D eigenvalue weighted by Crippen LogP contribution is -2.40. The summed E-state index contributed by atoms with van der Waals surface area (Å²) in [5.74, 6) is 0.161. The third-order valence-corrected chi connectivity index (χ3v) is 8.11. The van der Waals surface area contributed by atoms with E-state index in [1.165, 1.54) is 19.4 Å². The number of hydrogen-bond acceptors (Lipinski definition) is 6. The molecule has 38 heavy (non-hydrogen) atoms. The first-order chi connectivity index (χ1) is 18.3. The van der Waals surface area contributed by atoms with Crippen molar-refractivity contribution >= 4 is 11.8 Å². The highest BCUT2D eigenvalue weighted by molar-refractivity contribution is 5.76. The van der Waals surface area contributed by atoms with Gasteiger partial charge >= 0.3 is 5.97 Å². The van der Waals surface area contributed by atoms with Crippen LogP contribution in [0.5, 0.6) is 0 Å². The number of likely N-dealkylation sites (tertiary alicyclic amines) is 1. The molecule has 0 bridgehead atoms. The Morgan fingerprint density at radius 2 is 2.16 bits per heavy atom. The van der Waals surface area contributed by atoms with E-state index in [1.807, 2.05) is 23.1 Å². The van der Waals surface area contributed by atoms with Gasteiger partial charge in [-0.1, -0.05) is 24.3 Å². The summed E-state index contributed by atoms with van der Waals surface area (Å²) in [6.07, 6.45) is 5.75. The molecule has 206 valence electrons. The summed E-state index contributed by atoms with van der Waals surface area (Å²) in [4.78, 5) is 19.2. The number of carboxylic acid groups (broad SMARTS) is 1. The molecule has 1 saturated heterocycles. The molecule has 1 aromatic carbocycles. The van der Waals surface area contributed by atoms with Crippen LogP contribution in [0.1, 0.15) is 73.5 Å². The van der Waals surface area contributed by atoms with Crippen molar-refractivity contribution in [3.8, 4) is 0 Å². The topological polar surface area (TPSA) is 83.9 Å². The number of aromatic nitrogens is 1. The second kappa shape index (κ2) is 11.7. The highest BCUT2D eigenvalue weighted by atomic mass is 19.1. The van der Waals surface area contributed by atoms with Gasteiger partial charge in [-0.2, -0.15) is 0 Å². The molecule has 8 heteroatoms. The number of pyridine rings is 1. The molecule has 7 nitrogen and oxygen atoms in total. The van der Waals surface area contributed by atoms with Gasteiger partial charge in [-0.25, -0.2) is 9.37 Å². The number of hydrogen-bond donors (Lipinski definition) is 2. The summed E-state index contributed by atoms with van der Waals surface area (Å²) in [7, 11) is 0. The maximum atomic E-state index is 14.7. The number of nitrogens with one attached hydrogen (secondary N) is 1. The van der Waals surface area contributed by atoms with Gasteiger partial charge in [0.25, 0.3) is 0 Å². The average Bonchev–Trinajstić information content (AvgIpc) is 3.36. The van der Waals surface area contributed by atoms with Crippen LogP contribution in [0.2, 0.25) is 0 Å². The summed E-state index contributed by atoms with van der Waals surface area (Å²) < 4.78 is 26.6. The number of unbranched alkanes of at least 4 members (excludes halogenated alkanes) is 1. The number of anilines is 1. The zero-order valence-corrected chi connectivity index (χ0v) is 22.5. The van der Waals surface area contributed by atoms with Gasteiger partial charge < -0.3 is 19.9 Å². The number of carbonyl (C=O) groups is 1. The van der Waals surface area contributed by atoms with E-state index in [-0.39, 0.29) is 6.10 Å². The number of benzene rings is 1. The van der Waals surface area contributed by atoms with E-state index in [0.717, 1.165) is 73.3 Å². The maximum absolute atomic E-state index is 14.7. The maximum Gasteiger partial charge on any atom is 0.325 e. The Balaban J connectivity index is 1.14. The lowest BCUT2D eigenvalue weighted by atomic mass is 9.86. The Morgan fingerprint density at radius 1 is 1.29 bits per heavy atom. The van der Waals surface area contributed by atoms with Crippen molar-refractivity contribution in [1.82, 2.24) is 9.88 Å². The predicted molar refractivity (Wildman–Crippen MR) is 144 cm³/mol. The quantitative estimate of drug-likeness (QED) is 0.428. The van der Waals surface area contributed by atoms with Crippen LogP contribution in [0.15, 0.2) is 30.3 Å². The van der Waals surface area contributed by atoms with E-state index in [4.69, 9.17) is 14.5 Å². The molecule has 1 fully saturated rings. The van der Waals surface area contributed by atoms with E-state index in [1.54, 1.807) is 0 Å². The van der Waals surface area contributed by atoms with Gasteiger partial charge in [-0.15, -0.1) is 0 Å². The third kappa shape index (κ3) is 6.19. The van der Waals surface area contributed by atoms with E-state index < -0.39 is 23.8 Å². The van der Waals surface area contributed by atoms with Crippen molar-refractivity contribution in [2.45, 2.75) is 89.3 Å². The van der Waals surface area contributed by atoms with Crippen LogP contribution in [0.3, 0.4) is 0 Å². The average molecular weight is 526 g/mol. The number of alkyl halides is 1. The first-order valence-corrected chi connectivity index (χ1v) is 14.0. The smallest absolute Gasteiger partial charge is 0.325 e. The number of carboxylic acids is 1. The summed E-state index contributed by atoms with van der Waals surface area (Å²) in [6, 6.07) is 9.27. The van der Waals surface area contributed by atoms with Gasteiger partial charge in [-0.3, -0.25) is 9.69 Å². The van der Waals surface area contributed by atoms with Crippen LogP contribution in [-0.2, 0) is 40.1 Å². The van der Waals surface area contributed by atoms with E-state index in [2.05, 4.69) is 17.4 Å². The zero-order chi connectivity index (χ0) is 26.7. The predicted octanol–water partition coefficient (Wildman–Crippen LogP) is 4.87. The molecular weight excluding hydrogens is 485 g/mol. The van der Waals surface area contributed by atoms with Crippen LogP contribution in [0.25, 0.3) is 0 Å². The minimum Gasteiger partial charge on any atom is -0.480 e. The van der Waals surface area contributed by atoms with Gasteiger partial charge in [0.15, 0.2) is 0 Å². The molecule has 5 rings (SSSR count). The largest absolute Gasteiger partial charge is 0.480 e. The molecule has 0 unspecified atom stereocenters. The number of halogens is 1. The lowest BCUT2D eigenvalue weighted by molar-refractivity contribution is -0.143. The monoisotopic (exact) mass is 525 g/mol. The van der Waals surface area contributed by atoms with Gasteiger partial charge in [0.2, 0.25) is 0 Å². The Hall–Kier alpha value is -2.55. The third-order valence-electron chi connectivity index (χ3n) is 8.11. The van der Waals surface area contributed by atoms with Gasteiger partial charge in [0, 0.05) is 38.4 Å². The SMILES string of the molecule is CC(C)(F)[C@@H]1Cc2c(cccc2[C@@H](C(=O)O)N2CC[C@@H](OCCCCc3ccc4c(n3)NCCC4)C2)CO1. The molecule has 4 heterocycles. The number of nitrogens with zero attached hydrogens (tertiary/aromatic N) is 2. The second-order valence-corrected chi connectivity index (χ2v) is 11.4. The fourth-order valence-corrected chi connectivity index (χ4v) is 5.95. The fraction of sp³-hybridized carbons (Fsp3) is 0.600. The summed E-state index contributed by atoms with van der Waals surface area (Å²) in [5, 5.41) is 13.6. The molecule has 0 saturated carbocycles. The Bertz CT molecular complexity index is 1130. The molecule has 3 aliphatic rings. The molecule has 1 aromatic heterocycles. The number of rotatable bonds is 10. The highest BCUT2D eigenvalue weighted by Crippen LogP contribution is 2.36. The van der Waals surface area contributed by atoms with Crippen LogP contribution in [-0.4, -0.2) is 65.1 Å². The summed E-state index contributed by atoms with van der Waals surface area (Å²) in [6.45, 7) is 6.22. The number of fused-ring (bicyclic) bond motifs is 2. The van der Waals surface area contributed by atoms with E-state index in [0.29, 0.717) is 32.7 Å². The highest BCUT2D eigenvalue weighted by Gasteiger charge is 2.39. The van der Waals surface area contributed by atoms with Crippen molar-refractivity contribution < 1.29 is 23.8 Å². The second-order valence-electron chi connectivity index (χ2n) is 11.4. The fourth-order valence-electron chi connectivity index (χ4n) is 5.95. The Morgan fingerprint density at radius 3 is 2.97 bits per heavy atom. The molecule has 2 N–H and O–H groups in total. The minimum atomic E-state index is -1.50. The van der Waals surface area contributed by atoms with Crippen molar-refractivity contribution in [3.63, 3.8) is 0 Å². The van der Waals surface area contributed by atoms with Crippen molar-refractivity contribution in [2.75, 3.05) is 31.6 Å². The van der Waals surface area contributed by atoms with Crippen molar-refractivity contribution in [2.24, 2.45) is 0 Å². The van der Waals surface area contributed by atoms with E-state index in [9.17, 15) is 14.3 Å². The van der Waals surface area contributed by atoms with Gasteiger partial charge in [0.1, 0.15) is 17.5 Å². The normalized spacial score (nSPS) is 22.4. The first kappa shape index (κ1) is 27.0. The zero-order valence-electron chi connectivity index (χ0n) is 22.5. The van der Waals surface area contributed by atoms with Gasteiger partial charge in [0.05, 0.1) is 18.8 Å². The lowest BCUT2D eigenvalue weighted by Gasteiger charge is -2.35. The summed E-state index contributed by atoms with van der Waals surface area (Å²) >= 11 is 0. The van der Waals surface area contributed by atoms with Gasteiger partial charge in [-0.05, 0) is 80.7 Å². The molecule has 3 aliphatic heterocycles. The molecule has 0 radical (unpaired) electrons. The summed E-state index contributed by atoms with van der Waals surface area (Å²) in [5.41, 5.74) is 3.54. The minimum absolute atomic E-state index is 0.0170. The van der Waals surface area contributed by atoms with Crippen molar-refractivity contribution in [1.29, 1.82) is 0 Å². The van der Waals surface area contributed by atoms with Crippen LogP contribution in [0, 0.1) is 0 Å². The Labute approximate surface area is 224 Å². The number of ether oxygens (including phenoxy) is 2. The Kier molecular flexibility index (Phi) is 8.31. The molecule has 0 aliphatic carbocycles. The molecule has 2 aromatic rings. The molecule has 0 amide bonds. The molecule has 0 spiro atoms.